The molecule has 0 bridgehead atoms. The molecule has 162 valence electrons. The van der Waals surface area contributed by atoms with E-state index in [1.165, 1.54) is 18.1 Å². The third kappa shape index (κ3) is 6.29. The Morgan fingerprint density at radius 1 is 1.13 bits per heavy atom. The lowest BCUT2D eigenvalue weighted by atomic mass is 10.1. The average molecular weight is 412 g/mol. The van der Waals surface area contributed by atoms with E-state index in [0.717, 1.165) is 50.6 Å². The molecular weight excluding hydrogens is 378 g/mol. The Morgan fingerprint density at radius 3 is 2.60 bits per heavy atom. The van der Waals surface area contributed by atoms with Crippen LogP contribution in [0.4, 0.5) is 5.69 Å². The molecule has 2 aromatic carbocycles. The van der Waals surface area contributed by atoms with Gasteiger partial charge in [0, 0.05) is 63.5 Å². The van der Waals surface area contributed by atoms with Gasteiger partial charge in [-0.3, -0.25) is 14.6 Å². The average Bonchev–Trinajstić information content (AvgIpc) is 2.73. The number of aliphatic hydroxyl groups is 1. The second kappa shape index (κ2) is 11.1. The number of hydrogen-bond donors (Lipinski definition) is 2. The number of hydrogen-bond acceptors (Lipinski definition) is 5. The number of carbonyl (C=O) groups is 1. The number of benzene rings is 2. The fraction of sp³-hybridized carbons (Fsp3) is 0.458. The molecular formula is C24H33N3O3. The van der Waals surface area contributed by atoms with Gasteiger partial charge in [-0.05, 0) is 37.1 Å². The highest BCUT2D eigenvalue weighted by molar-refractivity contribution is 5.88. The molecule has 0 aromatic heterocycles. The topological polar surface area (TPSA) is 65.0 Å². The summed E-state index contributed by atoms with van der Waals surface area (Å²) >= 11 is 0. The summed E-state index contributed by atoms with van der Waals surface area (Å²) < 4.78 is 5.79. The highest BCUT2D eigenvalue weighted by Gasteiger charge is 2.27. The molecule has 6 nitrogen and oxygen atoms in total. The highest BCUT2D eigenvalue weighted by atomic mass is 16.5. The first kappa shape index (κ1) is 22.3. The minimum Gasteiger partial charge on any atom is -0.494 e. The first-order chi connectivity index (χ1) is 14.6. The minimum absolute atomic E-state index is 0.0587. The molecule has 0 spiro atoms. The molecule has 2 N–H and O–H groups in total. The number of amides is 1. The SMILES string of the molecule is CCOc1ccccc1CN1CCN(Cc2ccc(NC(C)=O)cc2)C[C@H]1CCO. The molecule has 0 saturated carbocycles. The summed E-state index contributed by atoms with van der Waals surface area (Å²) in [6, 6.07) is 16.6. The standard InChI is InChI=1S/C24H33N3O3/c1-3-30-24-7-5-4-6-21(24)17-27-14-13-26(18-23(27)12-15-28)16-20-8-10-22(11-9-20)25-19(2)29/h4-11,23,28H,3,12-18H2,1-2H3,(H,25,29)/t23-/m1/s1. The molecule has 1 atom stereocenters. The molecule has 0 aliphatic carbocycles. The molecule has 1 heterocycles. The zero-order chi connectivity index (χ0) is 21.3. The number of piperazine rings is 1. The number of rotatable bonds is 9. The summed E-state index contributed by atoms with van der Waals surface area (Å²) in [4.78, 5) is 16.1. The van der Waals surface area contributed by atoms with Crippen LogP contribution in [-0.4, -0.2) is 59.7 Å². The predicted octanol–water partition coefficient (Wildman–Crippen LogP) is 3.11. The van der Waals surface area contributed by atoms with Crippen molar-refractivity contribution in [2.75, 3.05) is 38.2 Å². The molecule has 0 unspecified atom stereocenters. The second-order valence-electron chi connectivity index (χ2n) is 7.79. The largest absolute Gasteiger partial charge is 0.494 e. The van der Waals surface area contributed by atoms with E-state index in [-0.39, 0.29) is 12.5 Å². The van der Waals surface area contributed by atoms with Crippen molar-refractivity contribution in [3.05, 3.63) is 59.7 Å². The van der Waals surface area contributed by atoms with Crippen LogP contribution in [0.15, 0.2) is 48.5 Å². The van der Waals surface area contributed by atoms with Crippen molar-refractivity contribution in [1.82, 2.24) is 9.80 Å². The van der Waals surface area contributed by atoms with E-state index in [0.29, 0.717) is 12.6 Å². The van der Waals surface area contributed by atoms with E-state index in [1.54, 1.807) is 0 Å². The fourth-order valence-corrected chi connectivity index (χ4v) is 4.04. The predicted molar refractivity (Wildman–Crippen MR) is 120 cm³/mol. The Labute approximate surface area is 179 Å². The number of para-hydroxylation sites is 1. The zero-order valence-electron chi connectivity index (χ0n) is 18.0. The molecule has 1 aliphatic rings. The number of nitrogens with zero attached hydrogens (tertiary/aromatic N) is 2. The third-order valence-corrected chi connectivity index (χ3v) is 5.48. The Hall–Kier alpha value is -2.41. The van der Waals surface area contributed by atoms with Crippen molar-refractivity contribution in [2.24, 2.45) is 0 Å². The third-order valence-electron chi connectivity index (χ3n) is 5.48. The van der Waals surface area contributed by atoms with E-state index >= 15 is 0 Å². The van der Waals surface area contributed by atoms with Gasteiger partial charge in [0.25, 0.3) is 0 Å². The van der Waals surface area contributed by atoms with Gasteiger partial charge in [-0.1, -0.05) is 30.3 Å². The van der Waals surface area contributed by atoms with Crippen LogP contribution in [0, 0.1) is 0 Å². The van der Waals surface area contributed by atoms with E-state index in [2.05, 4.69) is 39.4 Å². The van der Waals surface area contributed by atoms with Crippen LogP contribution in [-0.2, 0) is 17.9 Å². The summed E-state index contributed by atoms with van der Waals surface area (Å²) in [5, 5.41) is 12.4. The van der Waals surface area contributed by atoms with E-state index < -0.39 is 0 Å². The molecule has 6 heteroatoms. The maximum atomic E-state index is 11.2. The maximum Gasteiger partial charge on any atom is 0.221 e. The van der Waals surface area contributed by atoms with Gasteiger partial charge in [-0.2, -0.15) is 0 Å². The van der Waals surface area contributed by atoms with Gasteiger partial charge in [0.15, 0.2) is 0 Å². The van der Waals surface area contributed by atoms with Crippen molar-refractivity contribution in [1.29, 1.82) is 0 Å². The monoisotopic (exact) mass is 411 g/mol. The van der Waals surface area contributed by atoms with Crippen LogP contribution in [0.25, 0.3) is 0 Å². The van der Waals surface area contributed by atoms with Gasteiger partial charge < -0.3 is 15.2 Å². The smallest absolute Gasteiger partial charge is 0.221 e. The lowest BCUT2D eigenvalue weighted by Gasteiger charge is -2.41. The van der Waals surface area contributed by atoms with Crippen molar-refractivity contribution in [3.8, 4) is 5.75 Å². The molecule has 1 amide bonds. The van der Waals surface area contributed by atoms with Gasteiger partial charge in [0.05, 0.1) is 6.61 Å². The van der Waals surface area contributed by atoms with Crippen LogP contribution in [0.2, 0.25) is 0 Å². The van der Waals surface area contributed by atoms with Crippen molar-refractivity contribution in [2.45, 2.75) is 39.4 Å². The lowest BCUT2D eigenvalue weighted by Crippen LogP contribution is -2.52. The van der Waals surface area contributed by atoms with Gasteiger partial charge in [0.1, 0.15) is 5.75 Å². The zero-order valence-corrected chi connectivity index (χ0v) is 18.0. The Morgan fingerprint density at radius 2 is 1.90 bits per heavy atom. The second-order valence-corrected chi connectivity index (χ2v) is 7.79. The maximum absolute atomic E-state index is 11.2. The van der Waals surface area contributed by atoms with Crippen LogP contribution in [0.1, 0.15) is 31.4 Å². The quantitative estimate of drug-likeness (QED) is 0.664. The highest BCUT2D eigenvalue weighted by Crippen LogP contribution is 2.24. The minimum atomic E-state index is -0.0587. The Bertz CT molecular complexity index is 810. The summed E-state index contributed by atoms with van der Waals surface area (Å²) in [5.41, 5.74) is 3.24. The van der Waals surface area contributed by atoms with Crippen molar-refractivity contribution < 1.29 is 14.6 Å². The van der Waals surface area contributed by atoms with Gasteiger partial charge in [-0.25, -0.2) is 0 Å². The van der Waals surface area contributed by atoms with Crippen molar-refractivity contribution >= 4 is 11.6 Å². The van der Waals surface area contributed by atoms with Crippen LogP contribution < -0.4 is 10.1 Å². The first-order valence-electron chi connectivity index (χ1n) is 10.7. The summed E-state index contributed by atoms with van der Waals surface area (Å²) in [6.45, 7) is 8.92. The normalized spacial score (nSPS) is 17.6. The number of nitrogens with one attached hydrogen (secondary N) is 1. The molecule has 2 aromatic rings. The number of carbonyl (C=O) groups excluding carboxylic acids is 1. The lowest BCUT2D eigenvalue weighted by molar-refractivity contribution is -0.114. The fourth-order valence-electron chi connectivity index (χ4n) is 4.04. The van der Waals surface area contributed by atoms with Crippen LogP contribution >= 0.6 is 0 Å². The van der Waals surface area contributed by atoms with Gasteiger partial charge in [0.2, 0.25) is 5.91 Å². The van der Waals surface area contributed by atoms with Gasteiger partial charge >= 0.3 is 0 Å². The summed E-state index contributed by atoms with van der Waals surface area (Å²) in [6.07, 6.45) is 0.759. The summed E-state index contributed by atoms with van der Waals surface area (Å²) in [5.74, 6) is 0.890. The molecule has 3 rings (SSSR count). The van der Waals surface area contributed by atoms with Crippen molar-refractivity contribution in [3.63, 3.8) is 0 Å². The Balaban J connectivity index is 1.61. The first-order valence-corrected chi connectivity index (χ1v) is 10.7. The Kier molecular flexibility index (Phi) is 8.25. The molecule has 1 aliphatic heterocycles. The number of aliphatic hydroxyl groups excluding tert-OH is 1. The van der Waals surface area contributed by atoms with E-state index in [9.17, 15) is 9.90 Å². The molecule has 1 fully saturated rings. The molecule has 1 saturated heterocycles. The summed E-state index contributed by atoms with van der Waals surface area (Å²) in [7, 11) is 0. The van der Waals surface area contributed by atoms with Crippen LogP contribution in [0.5, 0.6) is 5.75 Å². The molecule has 30 heavy (non-hydrogen) atoms. The number of anilines is 1. The van der Waals surface area contributed by atoms with Gasteiger partial charge in [-0.15, -0.1) is 0 Å². The van der Waals surface area contributed by atoms with Crippen LogP contribution in [0.3, 0.4) is 0 Å². The van der Waals surface area contributed by atoms with E-state index in [1.807, 2.05) is 31.2 Å². The molecule has 0 radical (unpaired) electrons. The number of ether oxygens (including phenoxy) is 1. The van der Waals surface area contributed by atoms with E-state index in [4.69, 9.17) is 4.74 Å².